The minimum atomic E-state index is -4.16. The van der Waals surface area contributed by atoms with Gasteiger partial charge >= 0.3 is 0 Å². The number of anilines is 1. The highest BCUT2D eigenvalue weighted by Crippen LogP contribution is 2.32. The Labute approximate surface area is 149 Å². The Morgan fingerprint density at radius 3 is 2.85 bits per heavy atom. The monoisotopic (exact) mass is 376 g/mol. The second-order valence-electron chi connectivity index (χ2n) is 5.62. The summed E-state index contributed by atoms with van der Waals surface area (Å²) in [7, 11) is -4.16. The molecule has 0 radical (unpaired) electrons. The lowest BCUT2D eigenvalue weighted by atomic mass is 10.2. The van der Waals surface area contributed by atoms with Gasteiger partial charge in [0.25, 0.3) is 21.8 Å². The number of ether oxygens (including phenoxy) is 1. The molecular weight excluding hydrogens is 360 g/mol. The van der Waals surface area contributed by atoms with Gasteiger partial charge in [0, 0.05) is 6.20 Å². The summed E-state index contributed by atoms with van der Waals surface area (Å²) in [5.74, 6) is -0.822. The molecule has 1 aliphatic rings. The van der Waals surface area contributed by atoms with Crippen molar-refractivity contribution in [2.24, 2.45) is 0 Å². The van der Waals surface area contributed by atoms with Crippen molar-refractivity contribution < 1.29 is 22.7 Å². The topological polar surface area (TPSA) is 127 Å². The molecule has 0 aliphatic carbocycles. The molecule has 2 N–H and O–H groups in total. The SMILES string of the molecule is CC[C@H]1Oc2ccc(S(=O)(=O)NC(=O)c3cncnc3C)cc2NC1=O. The number of amides is 2. The predicted octanol–water partition coefficient (Wildman–Crippen LogP) is 1.01. The van der Waals surface area contributed by atoms with Gasteiger partial charge < -0.3 is 10.1 Å². The first-order chi connectivity index (χ1) is 12.3. The van der Waals surface area contributed by atoms with Crippen LogP contribution in [0.1, 0.15) is 29.4 Å². The van der Waals surface area contributed by atoms with Crippen LogP contribution >= 0.6 is 0 Å². The Balaban J connectivity index is 1.87. The summed E-state index contributed by atoms with van der Waals surface area (Å²) in [5.41, 5.74) is 0.634. The lowest BCUT2D eigenvalue weighted by Gasteiger charge is -2.25. The van der Waals surface area contributed by atoms with E-state index in [1.807, 2.05) is 4.72 Å². The Kier molecular flexibility index (Phi) is 4.60. The molecule has 3 rings (SSSR count). The van der Waals surface area contributed by atoms with Gasteiger partial charge in [0.1, 0.15) is 12.1 Å². The quantitative estimate of drug-likeness (QED) is 0.815. The third kappa shape index (κ3) is 3.36. The van der Waals surface area contributed by atoms with E-state index in [0.29, 0.717) is 17.9 Å². The third-order valence-electron chi connectivity index (χ3n) is 3.83. The van der Waals surface area contributed by atoms with Crippen molar-refractivity contribution in [2.75, 3.05) is 5.32 Å². The average molecular weight is 376 g/mol. The van der Waals surface area contributed by atoms with Crippen molar-refractivity contribution in [1.29, 1.82) is 0 Å². The number of nitrogens with zero attached hydrogens (tertiary/aromatic N) is 2. The van der Waals surface area contributed by atoms with Crippen LogP contribution in [0.25, 0.3) is 0 Å². The second-order valence-corrected chi connectivity index (χ2v) is 7.30. The van der Waals surface area contributed by atoms with Crippen LogP contribution in [-0.4, -0.2) is 36.3 Å². The molecule has 10 heteroatoms. The number of carbonyl (C=O) groups excluding carboxylic acids is 2. The number of hydrogen-bond donors (Lipinski definition) is 2. The summed E-state index contributed by atoms with van der Waals surface area (Å²) >= 11 is 0. The first-order valence-corrected chi connectivity index (χ1v) is 9.25. The number of carbonyl (C=O) groups is 2. The maximum absolute atomic E-state index is 12.5. The lowest BCUT2D eigenvalue weighted by Crippen LogP contribution is -2.36. The van der Waals surface area contributed by atoms with E-state index in [-0.39, 0.29) is 22.1 Å². The molecule has 1 aromatic carbocycles. The van der Waals surface area contributed by atoms with Gasteiger partial charge in [0.05, 0.1) is 21.8 Å². The number of benzene rings is 1. The van der Waals surface area contributed by atoms with Gasteiger partial charge in [-0.1, -0.05) is 6.92 Å². The van der Waals surface area contributed by atoms with Gasteiger partial charge in [-0.25, -0.2) is 23.1 Å². The summed E-state index contributed by atoms with van der Waals surface area (Å²) in [6, 6.07) is 3.98. The summed E-state index contributed by atoms with van der Waals surface area (Å²) in [6.45, 7) is 3.37. The van der Waals surface area contributed by atoms with E-state index in [9.17, 15) is 18.0 Å². The molecule has 0 saturated heterocycles. The number of fused-ring (bicyclic) bond motifs is 1. The molecule has 0 unspecified atom stereocenters. The zero-order valence-electron chi connectivity index (χ0n) is 14.0. The highest BCUT2D eigenvalue weighted by molar-refractivity contribution is 7.90. The van der Waals surface area contributed by atoms with Crippen LogP contribution in [0.5, 0.6) is 5.75 Å². The van der Waals surface area contributed by atoms with Crippen molar-refractivity contribution in [3.8, 4) is 5.75 Å². The maximum atomic E-state index is 12.5. The van der Waals surface area contributed by atoms with E-state index in [4.69, 9.17) is 4.74 Å². The molecule has 2 amide bonds. The van der Waals surface area contributed by atoms with Gasteiger partial charge in [-0.3, -0.25) is 9.59 Å². The van der Waals surface area contributed by atoms with E-state index in [1.165, 1.54) is 30.7 Å². The number of rotatable bonds is 4. The Morgan fingerprint density at radius 1 is 1.38 bits per heavy atom. The van der Waals surface area contributed by atoms with E-state index in [2.05, 4.69) is 15.3 Å². The number of hydrogen-bond acceptors (Lipinski definition) is 7. The molecule has 9 nitrogen and oxygen atoms in total. The molecule has 1 aliphatic heterocycles. The molecule has 136 valence electrons. The Morgan fingerprint density at radius 2 is 2.15 bits per heavy atom. The van der Waals surface area contributed by atoms with Crippen LogP contribution in [-0.2, 0) is 14.8 Å². The molecule has 2 heterocycles. The molecule has 0 bridgehead atoms. The zero-order valence-corrected chi connectivity index (χ0v) is 14.8. The van der Waals surface area contributed by atoms with Crippen LogP contribution < -0.4 is 14.8 Å². The van der Waals surface area contributed by atoms with Crippen molar-refractivity contribution >= 4 is 27.5 Å². The lowest BCUT2D eigenvalue weighted by molar-refractivity contribution is -0.123. The van der Waals surface area contributed by atoms with E-state index in [0.717, 1.165) is 0 Å². The van der Waals surface area contributed by atoms with Crippen molar-refractivity contribution in [3.05, 3.63) is 42.0 Å². The summed E-state index contributed by atoms with van der Waals surface area (Å²) < 4.78 is 32.5. The maximum Gasteiger partial charge on any atom is 0.268 e. The van der Waals surface area contributed by atoms with Crippen LogP contribution in [0.3, 0.4) is 0 Å². The van der Waals surface area contributed by atoms with Gasteiger partial charge in [-0.05, 0) is 31.5 Å². The van der Waals surface area contributed by atoms with Crippen molar-refractivity contribution in [1.82, 2.24) is 14.7 Å². The normalized spacial score (nSPS) is 16.2. The highest BCUT2D eigenvalue weighted by Gasteiger charge is 2.28. The van der Waals surface area contributed by atoms with E-state index in [1.54, 1.807) is 13.8 Å². The molecule has 0 fully saturated rings. The number of sulfonamides is 1. The Bertz CT molecular complexity index is 990. The Hall–Kier alpha value is -3.01. The summed E-state index contributed by atoms with van der Waals surface area (Å²) in [4.78, 5) is 31.5. The highest BCUT2D eigenvalue weighted by atomic mass is 32.2. The van der Waals surface area contributed by atoms with Gasteiger partial charge in [0.2, 0.25) is 0 Å². The minimum absolute atomic E-state index is 0.0523. The summed E-state index contributed by atoms with van der Waals surface area (Å²) in [6.07, 6.45) is 2.36. The molecule has 2 aromatic rings. The predicted molar refractivity (Wildman–Crippen MR) is 91.2 cm³/mol. The molecule has 1 atom stereocenters. The first-order valence-electron chi connectivity index (χ1n) is 7.77. The molecular formula is C16H16N4O5S. The fourth-order valence-electron chi connectivity index (χ4n) is 2.42. The van der Waals surface area contributed by atoms with E-state index >= 15 is 0 Å². The fourth-order valence-corrected chi connectivity index (χ4v) is 3.41. The molecule has 0 spiro atoms. The van der Waals surface area contributed by atoms with Gasteiger partial charge in [0.15, 0.2) is 6.10 Å². The van der Waals surface area contributed by atoms with Gasteiger partial charge in [-0.15, -0.1) is 0 Å². The van der Waals surface area contributed by atoms with Crippen molar-refractivity contribution in [3.63, 3.8) is 0 Å². The first kappa shape index (κ1) is 17.8. The van der Waals surface area contributed by atoms with Crippen LogP contribution in [0.4, 0.5) is 5.69 Å². The number of aromatic nitrogens is 2. The van der Waals surface area contributed by atoms with Gasteiger partial charge in [-0.2, -0.15) is 0 Å². The van der Waals surface area contributed by atoms with Crippen LogP contribution in [0.2, 0.25) is 0 Å². The fraction of sp³-hybridized carbons (Fsp3) is 0.250. The van der Waals surface area contributed by atoms with Crippen LogP contribution in [0.15, 0.2) is 35.6 Å². The smallest absolute Gasteiger partial charge is 0.268 e. The third-order valence-corrected chi connectivity index (χ3v) is 5.16. The molecule has 1 aromatic heterocycles. The van der Waals surface area contributed by atoms with Crippen molar-refractivity contribution in [2.45, 2.75) is 31.3 Å². The number of nitrogens with one attached hydrogen (secondary N) is 2. The average Bonchev–Trinajstić information content (AvgIpc) is 2.60. The molecule has 0 saturated carbocycles. The summed E-state index contributed by atoms with van der Waals surface area (Å²) in [5, 5.41) is 2.61. The standard InChI is InChI=1S/C16H16N4O5S/c1-3-13-16(22)19-12-6-10(4-5-14(12)25-13)26(23,24)20-15(21)11-7-17-8-18-9(11)2/h4-8,13H,3H2,1-2H3,(H,19,22)(H,20,21)/t13-/m1/s1. The minimum Gasteiger partial charge on any atom is -0.478 e. The van der Waals surface area contributed by atoms with Crippen LogP contribution in [0, 0.1) is 6.92 Å². The zero-order chi connectivity index (χ0) is 18.9. The largest absolute Gasteiger partial charge is 0.478 e. The number of aryl methyl sites for hydroxylation is 1. The molecule has 26 heavy (non-hydrogen) atoms. The van der Waals surface area contributed by atoms with E-state index < -0.39 is 22.0 Å². The second kappa shape index (κ2) is 6.71.